The van der Waals surface area contributed by atoms with Gasteiger partial charge in [-0.1, -0.05) is 6.07 Å². The molecule has 0 amide bonds. The molecule has 1 unspecified atom stereocenters. The summed E-state index contributed by atoms with van der Waals surface area (Å²) in [5, 5.41) is 11.5. The second-order valence-electron chi connectivity index (χ2n) is 4.58. The van der Waals surface area contributed by atoms with E-state index in [1.54, 1.807) is 19.1 Å². The predicted octanol–water partition coefficient (Wildman–Crippen LogP) is 3.04. The Morgan fingerprint density at radius 3 is 2.94 bits per heavy atom. The van der Waals surface area contributed by atoms with Gasteiger partial charge in [0.25, 0.3) is 0 Å². The second kappa shape index (κ2) is 5.83. The van der Waals surface area contributed by atoms with Crippen LogP contribution in [0, 0.1) is 17.1 Å². The molecule has 0 saturated heterocycles. The smallest absolute Gasteiger partial charge is 0.146 e. The number of rotatable bonds is 6. The Hall–Kier alpha value is -1.60. The number of nitrogens with zero attached hydrogens (tertiary/aromatic N) is 1. The SMILES string of the molecule is CC(C#N)OCCNc1ccc(C2CC2)cc1F. The number of halogens is 1. The van der Waals surface area contributed by atoms with Crippen LogP contribution in [0.4, 0.5) is 10.1 Å². The molecule has 18 heavy (non-hydrogen) atoms. The van der Waals surface area contributed by atoms with E-state index in [1.165, 1.54) is 12.8 Å². The van der Waals surface area contributed by atoms with Gasteiger partial charge in [-0.05, 0) is 43.4 Å². The van der Waals surface area contributed by atoms with E-state index in [0.717, 1.165) is 5.56 Å². The molecular formula is C14H17FN2O. The average Bonchev–Trinajstić information content (AvgIpc) is 3.20. The van der Waals surface area contributed by atoms with Gasteiger partial charge in [-0.15, -0.1) is 0 Å². The molecular weight excluding hydrogens is 231 g/mol. The number of anilines is 1. The van der Waals surface area contributed by atoms with Crippen LogP contribution in [0.2, 0.25) is 0 Å². The third-order valence-electron chi connectivity index (χ3n) is 3.01. The van der Waals surface area contributed by atoms with Gasteiger partial charge >= 0.3 is 0 Å². The predicted molar refractivity (Wildman–Crippen MR) is 67.9 cm³/mol. The van der Waals surface area contributed by atoms with E-state index in [2.05, 4.69) is 5.32 Å². The largest absolute Gasteiger partial charge is 0.380 e. The van der Waals surface area contributed by atoms with Crippen molar-refractivity contribution >= 4 is 5.69 Å². The van der Waals surface area contributed by atoms with Crippen LogP contribution in [-0.4, -0.2) is 19.3 Å². The molecule has 1 aromatic carbocycles. The van der Waals surface area contributed by atoms with Gasteiger partial charge in [0.2, 0.25) is 0 Å². The number of hydrogen-bond acceptors (Lipinski definition) is 3. The van der Waals surface area contributed by atoms with Crippen LogP contribution in [0.1, 0.15) is 31.2 Å². The molecule has 0 radical (unpaired) electrons. The van der Waals surface area contributed by atoms with Crippen LogP contribution in [0.5, 0.6) is 0 Å². The van der Waals surface area contributed by atoms with E-state index in [4.69, 9.17) is 10.00 Å². The third-order valence-corrected chi connectivity index (χ3v) is 3.01. The summed E-state index contributed by atoms with van der Waals surface area (Å²) in [7, 11) is 0. The van der Waals surface area contributed by atoms with Crippen LogP contribution < -0.4 is 5.32 Å². The fourth-order valence-electron chi connectivity index (χ4n) is 1.80. The Kier molecular flexibility index (Phi) is 4.16. The van der Waals surface area contributed by atoms with Gasteiger partial charge in [-0.25, -0.2) is 4.39 Å². The summed E-state index contributed by atoms with van der Waals surface area (Å²) < 4.78 is 18.9. The lowest BCUT2D eigenvalue weighted by Gasteiger charge is -2.10. The lowest BCUT2D eigenvalue weighted by molar-refractivity contribution is 0.111. The first-order valence-electron chi connectivity index (χ1n) is 6.25. The van der Waals surface area contributed by atoms with Crippen LogP contribution in [0.25, 0.3) is 0 Å². The first-order valence-corrected chi connectivity index (χ1v) is 6.25. The molecule has 1 aliphatic carbocycles. The summed E-state index contributed by atoms with van der Waals surface area (Å²) in [6.45, 7) is 2.56. The molecule has 1 aliphatic rings. The molecule has 1 saturated carbocycles. The van der Waals surface area contributed by atoms with Crippen molar-refractivity contribution in [2.45, 2.75) is 31.8 Å². The summed E-state index contributed by atoms with van der Waals surface area (Å²) >= 11 is 0. The topological polar surface area (TPSA) is 45.0 Å². The van der Waals surface area contributed by atoms with E-state index >= 15 is 0 Å². The Morgan fingerprint density at radius 2 is 2.33 bits per heavy atom. The fraction of sp³-hybridized carbons (Fsp3) is 0.500. The van der Waals surface area contributed by atoms with E-state index < -0.39 is 6.10 Å². The van der Waals surface area contributed by atoms with E-state index in [9.17, 15) is 4.39 Å². The van der Waals surface area contributed by atoms with Gasteiger partial charge in [-0.3, -0.25) is 0 Å². The van der Waals surface area contributed by atoms with Crippen molar-refractivity contribution < 1.29 is 9.13 Å². The highest BCUT2D eigenvalue weighted by molar-refractivity contribution is 5.47. The van der Waals surface area contributed by atoms with Crippen molar-refractivity contribution in [1.82, 2.24) is 0 Å². The maximum Gasteiger partial charge on any atom is 0.146 e. The van der Waals surface area contributed by atoms with Gasteiger partial charge in [-0.2, -0.15) is 5.26 Å². The number of benzene rings is 1. The van der Waals surface area contributed by atoms with E-state index in [0.29, 0.717) is 24.8 Å². The normalized spacial score (nSPS) is 16.1. The molecule has 3 nitrogen and oxygen atoms in total. The van der Waals surface area contributed by atoms with Gasteiger partial charge in [0.15, 0.2) is 0 Å². The Balaban J connectivity index is 1.80. The minimum absolute atomic E-state index is 0.215. The standard InChI is InChI=1S/C14H17FN2O/c1-10(9-16)18-7-6-17-14-5-4-12(8-13(14)15)11-2-3-11/h4-5,8,10-11,17H,2-3,6-7H2,1H3. The van der Waals surface area contributed by atoms with Crippen LogP contribution in [0.3, 0.4) is 0 Å². The van der Waals surface area contributed by atoms with Crippen molar-refractivity contribution in [3.63, 3.8) is 0 Å². The first kappa shape index (κ1) is 12.8. The lowest BCUT2D eigenvalue weighted by atomic mass is 10.1. The molecule has 0 heterocycles. The zero-order valence-corrected chi connectivity index (χ0v) is 10.4. The van der Waals surface area contributed by atoms with Crippen molar-refractivity contribution in [3.05, 3.63) is 29.6 Å². The molecule has 4 heteroatoms. The van der Waals surface area contributed by atoms with Crippen LogP contribution in [0.15, 0.2) is 18.2 Å². The van der Waals surface area contributed by atoms with Gasteiger partial charge in [0.05, 0.1) is 18.4 Å². The van der Waals surface area contributed by atoms with Crippen molar-refractivity contribution in [2.24, 2.45) is 0 Å². The Morgan fingerprint density at radius 1 is 1.56 bits per heavy atom. The van der Waals surface area contributed by atoms with Crippen molar-refractivity contribution in [1.29, 1.82) is 5.26 Å². The van der Waals surface area contributed by atoms with Crippen LogP contribution in [-0.2, 0) is 4.74 Å². The van der Waals surface area contributed by atoms with Gasteiger partial charge in [0, 0.05) is 6.54 Å². The number of nitrogens with one attached hydrogen (secondary N) is 1. The number of nitriles is 1. The first-order chi connectivity index (χ1) is 8.70. The highest BCUT2D eigenvalue weighted by Gasteiger charge is 2.24. The van der Waals surface area contributed by atoms with E-state index in [1.807, 2.05) is 12.1 Å². The third kappa shape index (κ3) is 3.44. The zero-order valence-electron chi connectivity index (χ0n) is 10.4. The molecule has 1 aromatic rings. The minimum Gasteiger partial charge on any atom is -0.380 e. The molecule has 1 atom stereocenters. The Labute approximate surface area is 107 Å². The Bertz CT molecular complexity index is 452. The summed E-state index contributed by atoms with van der Waals surface area (Å²) in [4.78, 5) is 0. The highest BCUT2D eigenvalue weighted by atomic mass is 19.1. The molecule has 0 aromatic heterocycles. The summed E-state index contributed by atoms with van der Waals surface area (Å²) in [6.07, 6.45) is 1.92. The molecule has 1 N–H and O–H groups in total. The maximum absolute atomic E-state index is 13.7. The summed E-state index contributed by atoms with van der Waals surface area (Å²) in [5.41, 5.74) is 1.58. The molecule has 0 bridgehead atoms. The molecule has 0 aliphatic heterocycles. The number of hydrogen-bond donors (Lipinski definition) is 1. The van der Waals surface area contributed by atoms with Crippen molar-refractivity contribution in [2.75, 3.05) is 18.5 Å². The summed E-state index contributed by atoms with van der Waals surface area (Å²) in [6, 6.07) is 7.34. The summed E-state index contributed by atoms with van der Waals surface area (Å²) in [5.74, 6) is 0.348. The molecule has 96 valence electrons. The minimum atomic E-state index is -0.422. The van der Waals surface area contributed by atoms with Crippen LogP contribution >= 0.6 is 0 Å². The van der Waals surface area contributed by atoms with E-state index in [-0.39, 0.29) is 5.82 Å². The van der Waals surface area contributed by atoms with Gasteiger partial charge in [0.1, 0.15) is 11.9 Å². The fourth-order valence-corrected chi connectivity index (χ4v) is 1.80. The monoisotopic (exact) mass is 248 g/mol. The number of ether oxygens (including phenoxy) is 1. The zero-order chi connectivity index (χ0) is 13.0. The highest BCUT2D eigenvalue weighted by Crippen LogP contribution is 2.40. The quantitative estimate of drug-likeness (QED) is 0.787. The van der Waals surface area contributed by atoms with Crippen molar-refractivity contribution in [3.8, 4) is 6.07 Å². The molecule has 1 fully saturated rings. The molecule has 0 spiro atoms. The second-order valence-corrected chi connectivity index (χ2v) is 4.58. The maximum atomic E-state index is 13.7. The lowest BCUT2D eigenvalue weighted by Crippen LogP contribution is -2.14. The van der Waals surface area contributed by atoms with Gasteiger partial charge < -0.3 is 10.1 Å². The molecule has 2 rings (SSSR count). The average molecular weight is 248 g/mol.